The van der Waals surface area contributed by atoms with E-state index in [1.165, 1.54) is 5.69 Å². The third-order valence-corrected chi connectivity index (χ3v) is 5.49. The van der Waals surface area contributed by atoms with Crippen LogP contribution in [0.2, 0.25) is 0 Å². The van der Waals surface area contributed by atoms with Crippen molar-refractivity contribution in [1.29, 1.82) is 0 Å². The highest BCUT2D eigenvalue weighted by Crippen LogP contribution is 2.33. The number of nitrogens with one attached hydrogen (secondary N) is 1. The van der Waals surface area contributed by atoms with Crippen LogP contribution in [0.1, 0.15) is 21.6 Å². The maximum atomic E-state index is 12.1. The van der Waals surface area contributed by atoms with Gasteiger partial charge < -0.3 is 24.7 Å². The van der Waals surface area contributed by atoms with Crippen molar-refractivity contribution in [2.24, 2.45) is 0 Å². The van der Waals surface area contributed by atoms with Crippen molar-refractivity contribution in [2.75, 3.05) is 14.1 Å². The summed E-state index contributed by atoms with van der Waals surface area (Å²) in [4.78, 5) is 28.1. The fraction of sp³-hybridized carbons (Fsp3) is 0.300. The molecule has 1 aliphatic heterocycles. The first-order valence-corrected chi connectivity index (χ1v) is 8.76. The summed E-state index contributed by atoms with van der Waals surface area (Å²) in [5.41, 5.74) is 2.47. The standard InChI is InChI=1S/C20H21N3O4/c1-10-17(21-19(25)16(18(10)24)20(26)27)11-4-5-15-12(6-11)7-13-8-14(22(2)3)9-23(13)15/h4-7,14H,8-9H2,1-3H3,(H,26,27)(H2,21,24,25). The van der Waals surface area contributed by atoms with Crippen molar-refractivity contribution < 1.29 is 15.0 Å². The van der Waals surface area contributed by atoms with Crippen LogP contribution in [0, 0.1) is 6.92 Å². The van der Waals surface area contributed by atoms with E-state index in [4.69, 9.17) is 5.11 Å². The quantitative estimate of drug-likeness (QED) is 0.659. The summed E-state index contributed by atoms with van der Waals surface area (Å²) in [5.74, 6) is -1.94. The second kappa shape index (κ2) is 5.99. The molecule has 0 bridgehead atoms. The van der Waals surface area contributed by atoms with Crippen LogP contribution in [0.5, 0.6) is 5.75 Å². The van der Waals surface area contributed by atoms with E-state index in [9.17, 15) is 14.7 Å². The van der Waals surface area contributed by atoms with Crippen molar-refractivity contribution >= 4 is 16.9 Å². The molecule has 2 aromatic heterocycles. The number of hydrogen-bond donors (Lipinski definition) is 3. The summed E-state index contributed by atoms with van der Waals surface area (Å²) in [6.45, 7) is 2.54. The Balaban J connectivity index is 1.81. The van der Waals surface area contributed by atoms with Gasteiger partial charge in [-0.1, -0.05) is 6.07 Å². The molecular weight excluding hydrogens is 346 g/mol. The van der Waals surface area contributed by atoms with Gasteiger partial charge in [-0.25, -0.2) is 4.79 Å². The number of H-pyrrole nitrogens is 1. The molecule has 0 amide bonds. The van der Waals surface area contributed by atoms with Crippen LogP contribution in [0.25, 0.3) is 22.2 Å². The number of likely N-dealkylation sites (N-methyl/N-ethyl adjacent to an activating group) is 1. The minimum Gasteiger partial charge on any atom is -0.506 e. The highest BCUT2D eigenvalue weighted by atomic mass is 16.4. The van der Waals surface area contributed by atoms with Gasteiger partial charge in [0.05, 0.1) is 5.69 Å². The largest absolute Gasteiger partial charge is 0.506 e. The van der Waals surface area contributed by atoms with Gasteiger partial charge in [0.15, 0.2) is 5.56 Å². The molecule has 7 heteroatoms. The number of aromatic amines is 1. The molecule has 140 valence electrons. The van der Waals surface area contributed by atoms with Crippen LogP contribution in [-0.2, 0) is 13.0 Å². The minimum absolute atomic E-state index is 0.339. The summed E-state index contributed by atoms with van der Waals surface area (Å²) in [5, 5.41) is 20.3. The van der Waals surface area contributed by atoms with E-state index in [2.05, 4.69) is 34.6 Å². The minimum atomic E-state index is -1.45. The Morgan fingerprint density at radius 1 is 1.30 bits per heavy atom. The van der Waals surface area contributed by atoms with Crippen LogP contribution < -0.4 is 5.56 Å². The molecule has 1 atom stereocenters. The molecule has 0 radical (unpaired) electrons. The lowest BCUT2D eigenvalue weighted by Crippen LogP contribution is -2.28. The van der Waals surface area contributed by atoms with E-state index < -0.39 is 22.8 Å². The first kappa shape index (κ1) is 17.4. The average Bonchev–Trinajstić information content (AvgIpc) is 3.15. The number of aromatic carboxylic acids is 1. The van der Waals surface area contributed by atoms with Crippen LogP contribution in [0.3, 0.4) is 0 Å². The number of hydrogen-bond acceptors (Lipinski definition) is 4. The van der Waals surface area contributed by atoms with Crippen LogP contribution in [-0.4, -0.2) is 50.8 Å². The fourth-order valence-electron chi connectivity index (χ4n) is 3.90. The number of carbonyl (C=O) groups is 1. The number of pyridine rings is 1. The molecule has 0 aliphatic carbocycles. The van der Waals surface area contributed by atoms with E-state index >= 15 is 0 Å². The molecule has 1 unspecified atom stereocenters. The number of fused-ring (bicyclic) bond motifs is 3. The van der Waals surface area contributed by atoms with Crippen LogP contribution >= 0.6 is 0 Å². The van der Waals surface area contributed by atoms with Gasteiger partial charge in [-0.05, 0) is 44.8 Å². The molecule has 3 N–H and O–H groups in total. The Labute approximate surface area is 155 Å². The molecule has 3 aromatic rings. The first-order valence-electron chi connectivity index (χ1n) is 8.76. The topological polar surface area (TPSA) is 98.6 Å². The molecule has 0 spiro atoms. The molecule has 7 nitrogen and oxygen atoms in total. The summed E-state index contributed by atoms with van der Waals surface area (Å²) >= 11 is 0. The summed E-state index contributed by atoms with van der Waals surface area (Å²) in [6, 6.07) is 8.50. The third-order valence-electron chi connectivity index (χ3n) is 5.49. The molecular formula is C20H21N3O4. The van der Waals surface area contributed by atoms with Gasteiger partial charge in [-0.15, -0.1) is 0 Å². The summed E-state index contributed by atoms with van der Waals surface area (Å²) in [7, 11) is 4.17. The summed E-state index contributed by atoms with van der Waals surface area (Å²) < 4.78 is 2.31. The maximum absolute atomic E-state index is 12.1. The number of carboxylic acid groups (broad SMARTS) is 1. The predicted molar refractivity (Wildman–Crippen MR) is 103 cm³/mol. The second-order valence-corrected chi connectivity index (χ2v) is 7.32. The zero-order chi connectivity index (χ0) is 19.5. The smallest absolute Gasteiger partial charge is 0.345 e. The van der Waals surface area contributed by atoms with Crippen molar-refractivity contribution in [2.45, 2.75) is 25.9 Å². The number of nitrogens with zero attached hydrogens (tertiary/aromatic N) is 2. The van der Waals surface area contributed by atoms with Gasteiger partial charge in [0.1, 0.15) is 5.75 Å². The van der Waals surface area contributed by atoms with E-state index in [0.717, 1.165) is 29.4 Å². The van der Waals surface area contributed by atoms with Gasteiger partial charge in [0, 0.05) is 41.2 Å². The fourth-order valence-corrected chi connectivity index (χ4v) is 3.90. The highest BCUT2D eigenvalue weighted by Gasteiger charge is 2.25. The molecule has 27 heavy (non-hydrogen) atoms. The van der Waals surface area contributed by atoms with Crippen molar-refractivity contribution in [1.82, 2.24) is 14.5 Å². The monoisotopic (exact) mass is 367 g/mol. The molecule has 0 fully saturated rings. The Hall–Kier alpha value is -3.06. The number of aromatic nitrogens is 2. The molecule has 0 saturated carbocycles. The van der Waals surface area contributed by atoms with E-state index in [1.54, 1.807) is 6.92 Å². The van der Waals surface area contributed by atoms with E-state index in [-0.39, 0.29) is 0 Å². The zero-order valence-corrected chi connectivity index (χ0v) is 15.4. The van der Waals surface area contributed by atoms with Crippen molar-refractivity contribution in [3.63, 3.8) is 0 Å². The van der Waals surface area contributed by atoms with Gasteiger partial charge >= 0.3 is 5.97 Å². The second-order valence-electron chi connectivity index (χ2n) is 7.32. The normalized spacial score (nSPS) is 16.2. The number of carboxylic acids is 1. The van der Waals surface area contributed by atoms with Crippen LogP contribution in [0.4, 0.5) is 0 Å². The SMILES string of the molecule is Cc1c(-c2ccc3c(c2)cc2n3CC(N(C)C)C2)[nH]c(=O)c(C(=O)O)c1O. The lowest BCUT2D eigenvalue weighted by molar-refractivity contribution is 0.0691. The number of rotatable bonds is 3. The lowest BCUT2D eigenvalue weighted by atomic mass is 10.0. The zero-order valence-electron chi connectivity index (χ0n) is 15.4. The van der Waals surface area contributed by atoms with Gasteiger partial charge in [-0.3, -0.25) is 4.79 Å². The maximum Gasteiger partial charge on any atom is 0.345 e. The lowest BCUT2D eigenvalue weighted by Gasteiger charge is -2.18. The van der Waals surface area contributed by atoms with E-state index in [1.807, 2.05) is 18.2 Å². The van der Waals surface area contributed by atoms with Gasteiger partial charge in [-0.2, -0.15) is 0 Å². The molecule has 1 aliphatic rings. The Morgan fingerprint density at radius 3 is 2.70 bits per heavy atom. The Bertz CT molecular complexity index is 1140. The molecule has 0 saturated heterocycles. The van der Waals surface area contributed by atoms with E-state index in [0.29, 0.717) is 17.3 Å². The molecule has 3 heterocycles. The Kier molecular flexibility index (Phi) is 3.85. The third kappa shape index (κ3) is 2.62. The molecule has 4 rings (SSSR count). The van der Waals surface area contributed by atoms with Crippen LogP contribution in [0.15, 0.2) is 29.1 Å². The highest BCUT2D eigenvalue weighted by molar-refractivity contribution is 5.92. The van der Waals surface area contributed by atoms with Crippen molar-refractivity contribution in [3.8, 4) is 17.0 Å². The molecule has 1 aromatic carbocycles. The predicted octanol–water partition coefficient (Wildman–Crippen LogP) is 2.20. The van der Waals surface area contributed by atoms with Crippen molar-refractivity contribution in [3.05, 3.63) is 51.4 Å². The Morgan fingerprint density at radius 2 is 2.04 bits per heavy atom. The van der Waals surface area contributed by atoms with Gasteiger partial charge in [0.25, 0.3) is 5.56 Å². The van der Waals surface area contributed by atoms with Gasteiger partial charge in [0.2, 0.25) is 0 Å². The first-order chi connectivity index (χ1) is 12.8. The summed E-state index contributed by atoms with van der Waals surface area (Å²) in [6.07, 6.45) is 0.987. The number of benzene rings is 1. The number of aromatic hydroxyl groups is 1. The average molecular weight is 367 g/mol.